The van der Waals surface area contributed by atoms with E-state index in [0.29, 0.717) is 17.3 Å². The second-order valence-electron chi connectivity index (χ2n) is 5.18. The smallest absolute Gasteiger partial charge is 0.0649 e. The maximum Gasteiger partial charge on any atom is 0.0649 e. The van der Waals surface area contributed by atoms with E-state index in [0.717, 1.165) is 6.54 Å². The summed E-state index contributed by atoms with van der Waals surface area (Å²) < 4.78 is 3.48. The van der Waals surface area contributed by atoms with Gasteiger partial charge in [-0.25, -0.2) is 0 Å². The molecule has 0 bridgehead atoms. The van der Waals surface area contributed by atoms with Gasteiger partial charge in [-0.3, -0.25) is 4.68 Å². The minimum absolute atomic E-state index is 0.424. The molecule has 2 aromatic rings. The summed E-state index contributed by atoms with van der Waals surface area (Å²) in [6.07, 6.45) is 5.06. The lowest BCUT2D eigenvalue weighted by molar-refractivity contribution is 0.381. The molecule has 2 aromatic heterocycles. The van der Waals surface area contributed by atoms with Crippen LogP contribution in [0.1, 0.15) is 31.9 Å². The third-order valence-electron chi connectivity index (χ3n) is 3.42. The Hall–Kier alpha value is -0.780. The van der Waals surface area contributed by atoms with Gasteiger partial charge in [0, 0.05) is 29.7 Å². The first-order valence-electron chi connectivity index (χ1n) is 6.70. The van der Waals surface area contributed by atoms with Crippen molar-refractivity contribution in [3.05, 3.63) is 35.5 Å². The molecular formula is C14H19N3S2. The fourth-order valence-electron chi connectivity index (χ4n) is 2.59. The first-order chi connectivity index (χ1) is 9.22. The molecule has 0 saturated carbocycles. The highest BCUT2D eigenvalue weighted by molar-refractivity contribution is 8.01. The van der Waals surface area contributed by atoms with E-state index >= 15 is 0 Å². The molecule has 0 aromatic carbocycles. The topological polar surface area (TPSA) is 29.9 Å². The van der Waals surface area contributed by atoms with Crippen molar-refractivity contribution in [2.24, 2.45) is 0 Å². The minimum Gasteiger partial charge on any atom is -0.305 e. The van der Waals surface area contributed by atoms with Crippen LogP contribution in [0.4, 0.5) is 0 Å². The number of aromatic nitrogens is 2. The highest BCUT2D eigenvalue weighted by Crippen LogP contribution is 2.43. The Balaban J connectivity index is 1.67. The van der Waals surface area contributed by atoms with Gasteiger partial charge in [0.2, 0.25) is 0 Å². The normalized spacial score (nSPS) is 24.1. The molecule has 3 atom stereocenters. The Morgan fingerprint density at radius 2 is 2.47 bits per heavy atom. The Morgan fingerprint density at radius 3 is 3.26 bits per heavy atom. The molecule has 1 aliphatic heterocycles. The van der Waals surface area contributed by atoms with E-state index in [2.05, 4.69) is 35.7 Å². The van der Waals surface area contributed by atoms with E-state index in [9.17, 15) is 0 Å². The number of thioether (sulfide) groups is 1. The summed E-state index contributed by atoms with van der Waals surface area (Å²) >= 11 is 3.89. The van der Waals surface area contributed by atoms with E-state index in [1.807, 2.05) is 46.2 Å². The van der Waals surface area contributed by atoms with Gasteiger partial charge in [0.1, 0.15) is 0 Å². The van der Waals surface area contributed by atoms with Crippen molar-refractivity contribution in [3.63, 3.8) is 0 Å². The van der Waals surface area contributed by atoms with Crippen LogP contribution in [0.25, 0.3) is 0 Å². The van der Waals surface area contributed by atoms with Crippen LogP contribution in [0, 0.1) is 0 Å². The lowest BCUT2D eigenvalue weighted by Gasteiger charge is -2.30. The predicted molar refractivity (Wildman–Crippen MR) is 81.8 cm³/mol. The first-order valence-corrected chi connectivity index (χ1v) is 8.46. The van der Waals surface area contributed by atoms with E-state index in [-0.39, 0.29) is 0 Å². The van der Waals surface area contributed by atoms with Crippen molar-refractivity contribution in [3.8, 4) is 0 Å². The predicted octanol–water partition coefficient (Wildman–Crippen LogP) is 3.55. The van der Waals surface area contributed by atoms with Crippen LogP contribution < -0.4 is 5.32 Å². The van der Waals surface area contributed by atoms with Crippen LogP contribution in [0.5, 0.6) is 0 Å². The molecular weight excluding hydrogens is 274 g/mol. The SMILES string of the molecule is CC(Cn1cccn1)NC1C[C@H](C)Sc2sccc21. The number of thiophene rings is 1. The molecule has 1 aliphatic rings. The fraction of sp³-hybridized carbons (Fsp3) is 0.500. The zero-order valence-corrected chi connectivity index (χ0v) is 12.9. The highest BCUT2D eigenvalue weighted by Gasteiger charge is 2.27. The van der Waals surface area contributed by atoms with Crippen molar-refractivity contribution in [2.45, 2.75) is 48.4 Å². The van der Waals surface area contributed by atoms with E-state index in [1.54, 1.807) is 0 Å². The van der Waals surface area contributed by atoms with Gasteiger partial charge < -0.3 is 5.32 Å². The number of hydrogen-bond acceptors (Lipinski definition) is 4. The molecule has 0 amide bonds. The second kappa shape index (κ2) is 5.69. The van der Waals surface area contributed by atoms with Crippen LogP contribution in [0.2, 0.25) is 0 Å². The molecule has 102 valence electrons. The zero-order chi connectivity index (χ0) is 13.2. The van der Waals surface area contributed by atoms with Crippen molar-refractivity contribution in [1.82, 2.24) is 15.1 Å². The molecule has 3 nitrogen and oxygen atoms in total. The molecule has 3 heterocycles. The number of fused-ring (bicyclic) bond motifs is 1. The average molecular weight is 293 g/mol. The number of nitrogens with zero attached hydrogens (tertiary/aromatic N) is 2. The Bertz CT molecular complexity index is 521. The van der Waals surface area contributed by atoms with Crippen LogP contribution in [-0.4, -0.2) is 21.1 Å². The van der Waals surface area contributed by atoms with Gasteiger partial charge in [-0.2, -0.15) is 5.10 Å². The number of nitrogens with one attached hydrogen (secondary N) is 1. The van der Waals surface area contributed by atoms with Gasteiger partial charge in [0.15, 0.2) is 0 Å². The number of rotatable bonds is 4. The third-order valence-corrected chi connectivity index (χ3v) is 5.76. The monoisotopic (exact) mass is 293 g/mol. The lowest BCUT2D eigenvalue weighted by Crippen LogP contribution is -2.36. The molecule has 0 spiro atoms. The summed E-state index contributed by atoms with van der Waals surface area (Å²) in [6.45, 7) is 5.48. The lowest BCUT2D eigenvalue weighted by atomic mass is 10.0. The molecule has 0 saturated heterocycles. The summed E-state index contributed by atoms with van der Waals surface area (Å²) in [5, 5.41) is 10.9. The highest BCUT2D eigenvalue weighted by atomic mass is 32.2. The first kappa shape index (κ1) is 13.2. The van der Waals surface area contributed by atoms with Crippen LogP contribution in [0.15, 0.2) is 34.1 Å². The maximum absolute atomic E-state index is 4.27. The van der Waals surface area contributed by atoms with Gasteiger partial charge in [-0.15, -0.1) is 23.1 Å². The molecule has 3 rings (SSSR count). The van der Waals surface area contributed by atoms with Crippen LogP contribution >= 0.6 is 23.1 Å². The molecule has 2 unspecified atom stereocenters. The minimum atomic E-state index is 0.424. The molecule has 0 fully saturated rings. The van der Waals surface area contributed by atoms with E-state index in [1.165, 1.54) is 16.2 Å². The quantitative estimate of drug-likeness (QED) is 0.935. The van der Waals surface area contributed by atoms with Gasteiger partial charge >= 0.3 is 0 Å². The fourth-order valence-corrected chi connectivity index (χ4v) is 5.16. The average Bonchev–Trinajstić information content (AvgIpc) is 2.99. The number of hydrogen-bond donors (Lipinski definition) is 1. The van der Waals surface area contributed by atoms with Crippen molar-refractivity contribution < 1.29 is 0 Å². The van der Waals surface area contributed by atoms with Crippen molar-refractivity contribution in [2.75, 3.05) is 0 Å². The molecule has 5 heteroatoms. The van der Waals surface area contributed by atoms with Gasteiger partial charge in [-0.1, -0.05) is 6.92 Å². The summed E-state index contributed by atoms with van der Waals surface area (Å²) in [6, 6.07) is 5.16. The summed E-state index contributed by atoms with van der Waals surface area (Å²) in [4.78, 5) is 0. The Morgan fingerprint density at radius 1 is 1.58 bits per heavy atom. The summed E-state index contributed by atoms with van der Waals surface area (Å²) in [5.41, 5.74) is 1.49. The molecule has 0 aliphatic carbocycles. The second-order valence-corrected chi connectivity index (χ2v) is 7.80. The molecule has 0 radical (unpaired) electrons. The maximum atomic E-state index is 4.27. The summed E-state index contributed by atoms with van der Waals surface area (Å²) in [7, 11) is 0. The van der Waals surface area contributed by atoms with Crippen LogP contribution in [-0.2, 0) is 6.54 Å². The van der Waals surface area contributed by atoms with Crippen molar-refractivity contribution in [1.29, 1.82) is 0 Å². The summed E-state index contributed by atoms with van der Waals surface area (Å²) in [5.74, 6) is 0. The third kappa shape index (κ3) is 3.04. The Labute approximate surface area is 122 Å². The molecule has 1 N–H and O–H groups in total. The van der Waals surface area contributed by atoms with Gasteiger partial charge in [0.05, 0.1) is 10.8 Å². The van der Waals surface area contributed by atoms with Crippen LogP contribution in [0.3, 0.4) is 0 Å². The standard InChI is InChI=1S/C14H19N3S2/c1-10(9-17-6-3-5-15-17)16-13-8-11(2)19-14-12(13)4-7-18-14/h3-7,10-11,13,16H,8-9H2,1-2H3/t10?,11-,13?/m0/s1. The van der Waals surface area contributed by atoms with E-state index in [4.69, 9.17) is 0 Å². The zero-order valence-electron chi connectivity index (χ0n) is 11.2. The van der Waals surface area contributed by atoms with Crippen molar-refractivity contribution >= 4 is 23.1 Å². The van der Waals surface area contributed by atoms with E-state index < -0.39 is 0 Å². The van der Waals surface area contributed by atoms with Gasteiger partial charge in [-0.05, 0) is 36.4 Å². The molecule has 19 heavy (non-hydrogen) atoms. The Kier molecular flexibility index (Phi) is 3.96. The van der Waals surface area contributed by atoms with Gasteiger partial charge in [0.25, 0.3) is 0 Å². The largest absolute Gasteiger partial charge is 0.305 e.